The first-order valence-electron chi connectivity index (χ1n) is 6.33. The van der Waals surface area contributed by atoms with Crippen molar-refractivity contribution in [2.24, 2.45) is 0 Å². The van der Waals surface area contributed by atoms with Crippen molar-refractivity contribution in [3.63, 3.8) is 0 Å². The Bertz CT molecular complexity index is 532. The first-order chi connectivity index (χ1) is 9.33. The molecule has 0 amide bonds. The summed E-state index contributed by atoms with van der Waals surface area (Å²) in [6.45, 7) is 4.19. The molecule has 0 saturated carbocycles. The molecule has 1 N–H and O–H groups in total. The van der Waals surface area contributed by atoms with E-state index in [1.54, 1.807) is 6.08 Å². The van der Waals surface area contributed by atoms with E-state index in [-0.39, 0.29) is 6.61 Å². The molecule has 0 heterocycles. The summed E-state index contributed by atoms with van der Waals surface area (Å²) in [6, 6.07) is 16.0. The molecule has 0 aliphatic carbocycles. The van der Waals surface area contributed by atoms with E-state index in [4.69, 9.17) is 4.74 Å². The van der Waals surface area contributed by atoms with E-state index in [2.05, 4.69) is 18.7 Å². The standard InChI is InChI=1S/C17H18O2/c1-2-10-19-17-9-8-15(13-18)12-16(17)11-14-6-4-3-5-7-14/h2-9,12,18H,1,10-11,13H2. The molecule has 19 heavy (non-hydrogen) atoms. The van der Waals surface area contributed by atoms with Gasteiger partial charge in [0.25, 0.3) is 0 Å². The lowest BCUT2D eigenvalue weighted by Crippen LogP contribution is -2.00. The van der Waals surface area contributed by atoms with Crippen LogP contribution < -0.4 is 4.74 Å². The highest BCUT2D eigenvalue weighted by Crippen LogP contribution is 2.23. The fraction of sp³-hybridized carbons (Fsp3) is 0.176. The number of hydrogen-bond donors (Lipinski definition) is 1. The van der Waals surface area contributed by atoms with Gasteiger partial charge in [0.2, 0.25) is 0 Å². The Morgan fingerprint density at radius 3 is 2.53 bits per heavy atom. The largest absolute Gasteiger partial charge is 0.489 e. The van der Waals surface area contributed by atoms with Crippen molar-refractivity contribution in [3.8, 4) is 5.75 Å². The number of aliphatic hydroxyl groups excluding tert-OH is 1. The zero-order valence-electron chi connectivity index (χ0n) is 10.9. The minimum Gasteiger partial charge on any atom is -0.489 e. The van der Waals surface area contributed by atoms with Crippen LogP contribution in [0.5, 0.6) is 5.75 Å². The fourth-order valence-corrected chi connectivity index (χ4v) is 1.97. The van der Waals surface area contributed by atoms with Crippen molar-refractivity contribution in [2.45, 2.75) is 13.0 Å². The second-order valence-corrected chi connectivity index (χ2v) is 4.36. The van der Waals surface area contributed by atoms with Crippen LogP contribution in [0.25, 0.3) is 0 Å². The first kappa shape index (κ1) is 13.4. The van der Waals surface area contributed by atoms with Gasteiger partial charge in [-0.15, -0.1) is 0 Å². The summed E-state index contributed by atoms with van der Waals surface area (Å²) in [7, 11) is 0. The van der Waals surface area contributed by atoms with Crippen LogP contribution >= 0.6 is 0 Å². The van der Waals surface area contributed by atoms with E-state index in [9.17, 15) is 5.11 Å². The Morgan fingerprint density at radius 1 is 1.05 bits per heavy atom. The molecule has 0 fully saturated rings. The van der Waals surface area contributed by atoms with Crippen molar-refractivity contribution < 1.29 is 9.84 Å². The van der Waals surface area contributed by atoms with Gasteiger partial charge >= 0.3 is 0 Å². The van der Waals surface area contributed by atoms with Gasteiger partial charge in [0.1, 0.15) is 12.4 Å². The quantitative estimate of drug-likeness (QED) is 0.801. The molecule has 0 radical (unpaired) electrons. The Morgan fingerprint density at radius 2 is 1.84 bits per heavy atom. The molecule has 0 saturated heterocycles. The highest BCUT2D eigenvalue weighted by molar-refractivity contribution is 5.40. The normalized spacial score (nSPS) is 10.2. The predicted molar refractivity (Wildman–Crippen MR) is 77.3 cm³/mol. The lowest BCUT2D eigenvalue weighted by Gasteiger charge is -2.12. The molecule has 0 spiro atoms. The van der Waals surface area contributed by atoms with E-state index in [1.165, 1.54) is 5.56 Å². The molecule has 0 aliphatic heterocycles. The number of benzene rings is 2. The van der Waals surface area contributed by atoms with Gasteiger partial charge in [-0.1, -0.05) is 49.1 Å². The molecule has 2 aromatic rings. The molecule has 2 heteroatoms. The minimum absolute atomic E-state index is 0.0452. The van der Waals surface area contributed by atoms with Crippen molar-refractivity contribution in [1.29, 1.82) is 0 Å². The maximum Gasteiger partial charge on any atom is 0.123 e. The van der Waals surface area contributed by atoms with Gasteiger partial charge in [-0.05, 0) is 28.8 Å². The van der Waals surface area contributed by atoms with Gasteiger partial charge in [0.15, 0.2) is 0 Å². The third kappa shape index (κ3) is 3.70. The second kappa shape index (κ2) is 6.76. The second-order valence-electron chi connectivity index (χ2n) is 4.36. The van der Waals surface area contributed by atoms with Crippen molar-refractivity contribution in [2.75, 3.05) is 6.61 Å². The summed E-state index contributed by atoms with van der Waals surface area (Å²) < 4.78 is 5.66. The van der Waals surface area contributed by atoms with E-state index < -0.39 is 0 Å². The van der Waals surface area contributed by atoms with E-state index in [0.29, 0.717) is 6.61 Å². The van der Waals surface area contributed by atoms with Gasteiger partial charge in [0, 0.05) is 6.42 Å². The van der Waals surface area contributed by atoms with Gasteiger partial charge in [0.05, 0.1) is 6.61 Å². The average Bonchev–Trinajstić information content (AvgIpc) is 2.47. The highest BCUT2D eigenvalue weighted by Gasteiger charge is 2.06. The predicted octanol–water partition coefficient (Wildman–Crippen LogP) is 3.33. The lowest BCUT2D eigenvalue weighted by molar-refractivity contribution is 0.281. The smallest absolute Gasteiger partial charge is 0.123 e. The summed E-state index contributed by atoms with van der Waals surface area (Å²) in [6.07, 6.45) is 2.52. The van der Waals surface area contributed by atoms with Gasteiger partial charge < -0.3 is 9.84 Å². The van der Waals surface area contributed by atoms with Crippen LogP contribution in [-0.2, 0) is 13.0 Å². The third-order valence-corrected chi connectivity index (χ3v) is 2.90. The number of hydrogen-bond acceptors (Lipinski definition) is 2. The van der Waals surface area contributed by atoms with E-state index >= 15 is 0 Å². The molecular weight excluding hydrogens is 236 g/mol. The third-order valence-electron chi connectivity index (χ3n) is 2.90. The monoisotopic (exact) mass is 254 g/mol. The van der Waals surface area contributed by atoms with Crippen molar-refractivity contribution >= 4 is 0 Å². The molecule has 0 bridgehead atoms. The summed E-state index contributed by atoms with van der Waals surface area (Å²) in [4.78, 5) is 0. The number of aliphatic hydroxyl groups is 1. The Hall–Kier alpha value is -2.06. The fourth-order valence-electron chi connectivity index (χ4n) is 1.97. The molecule has 0 aliphatic rings. The topological polar surface area (TPSA) is 29.5 Å². The molecule has 0 unspecified atom stereocenters. The van der Waals surface area contributed by atoms with Crippen LogP contribution in [0.2, 0.25) is 0 Å². The van der Waals surface area contributed by atoms with Crippen LogP contribution in [0.15, 0.2) is 61.2 Å². The van der Waals surface area contributed by atoms with Crippen LogP contribution in [0.4, 0.5) is 0 Å². The maximum atomic E-state index is 9.24. The lowest BCUT2D eigenvalue weighted by atomic mass is 10.0. The Balaban J connectivity index is 2.26. The van der Waals surface area contributed by atoms with Crippen molar-refractivity contribution in [1.82, 2.24) is 0 Å². The van der Waals surface area contributed by atoms with E-state index in [1.807, 2.05) is 36.4 Å². The maximum absolute atomic E-state index is 9.24. The summed E-state index contributed by atoms with van der Waals surface area (Å²) in [5.41, 5.74) is 3.21. The minimum atomic E-state index is 0.0452. The molecular formula is C17H18O2. The van der Waals surface area contributed by atoms with Gasteiger partial charge in [-0.25, -0.2) is 0 Å². The number of ether oxygens (including phenoxy) is 1. The summed E-state index contributed by atoms with van der Waals surface area (Å²) in [5, 5.41) is 9.24. The van der Waals surface area contributed by atoms with Crippen LogP contribution in [-0.4, -0.2) is 11.7 Å². The highest BCUT2D eigenvalue weighted by atomic mass is 16.5. The first-order valence-corrected chi connectivity index (χ1v) is 6.33. The van der Waals surface area contributed by atoms with Gasteiger partial charge in [-0.2, -0.15) is 0 Å². The van der Waals surface area contributed by atoms with Crippen LogP contribution in [0.1, 0.15) is 16.7 Å². The van der Waals surface area contributed by atoms with Gasteiger partial charge in [-0.3, -0.25) is 0 Å². The SMILES string of the molecule is C=CCOc1ccc(CO)cc1Cc1ccccc1. The molecule has 0 atom stereocenters. The Labute approximate surface area is 114 Å². The summed E-state index contributed by atoms with van der Waals surface area (Å²) in [5.74, 6) is 0.848. The Kier molecular flexibility index (Phi) is 4.76. The van der Waals surface area contributed by atoms with Crippen LogP contribution in [0.3, 0.4) is 0 Å². The average molecular weight is 254 g/mol. The molecule has 98 valence electrons. The summed E-state index contributed by atoms with van der Waals surface area (Å²) >= 11 is 0. The van der Waals surface area contributed by atoms with Crippen molar-refractivity contribution in [3.05, 3.63) is 77.9 Å². The van der Waals surface area contributed by atoms with Crippen LogP contribution in [0, 0.1) is 0 Å². The number of rotatable bonds is 6. The van der Waals surface area contributed by atoms with E-state index in [0.717, 1.165) is 23.3 Å². The molecule has 2 rings (SSSR count). The molecule has 0 aromatic heterocycles. The zero-order valence-corrected chi connectivity index (χ0v) is 10.9. The molecule has 2 aromatic carbocycles. The zero-order chi connectivity index (χ0) is 13.5. The molecule has 2 nitrogen and oxygen atoms in total.